The van der Waals surface area contributed by atoms with E-state index < -0.39 is 17.7 Å². The predicted octanol–water partition coefficient (Wildman–Crippen LogP) is 4.92. The molecule has 11 heteroatoms. The summed E-state index contributed by atoms with van der Waals surface area (Å²) in [6.07, 6.45) is 0. The van der Waals surface area contributed by atoms with Gasteiger partial charge in [-0.1, -0.05) is 49.4 Å². The normalized spacial score (nSPS) is 14.0. The van der Waals surface area contributed by atoms with Crippen LogP contribution < -0.4 is 0 Å². The zero-order valence-corrected chi connectivity index (χ0v) is 17.7. The number of alkyl halides is 1. The Morgan fingerprint density at radius 1 is 1.23 bits per heavy atom. The zero-order chi connectivity index (χ0) is 19.5. The highest BCUT2D eigenvalue weighted by atomic mass is 79.9. The molecule has 0 aliphatic heterocycles. The van der Waals surface area contributed by atoms with Gasteiger partial charge in [-0.3, -0.25) is 14.7 Å². The summed E-state index contributed by atoms with van der Waals surface area (Å²) in [5.74, 6) is 1.10. The molecule has 2 N–H and O–H groups in total. The topological polar surface area (TPSA) is 101 Å². The van der Waals surface area contributed by atoms with Gasteiger partial charge in [0.05, 0.1) is 4.92 Å². The Labute approximate surface area is 164 Å². The Balaban J connectivity index is 2.06. The zero-order valence-electron chi connectivity index (χ0n) is 13.2. The fourth-order valence-electron chi connectivity index (χ4n) is 2.14. The van der Waals surface area contributed by atoms with E-state index in [9.17, 15) is 19.1 Å². The van der Waals surface area contributed by atoms with Gasteiger partial charge in [-0.15, -0.1) is 0 Å². The average molecular weight is 482 g/mol. The van der Waals surface area contributed by atoms with Crippen molar-refractivity contribution >= 4 is 50.2 Å². The van der Waals surface area contributed by atoms with Crippen LogP contribution in [0.25, 0.3) is 0 Å². The van der Waals surface area contributed by atoms with Crippen molar-refractivity contribution in [2.24, 2.45) is 0 Å². The lowest BCUT2D eigenvalue weighted by Crippen LogP contribution is -2.12. The van der Waals surface area contributed by atoms with Crippen LogP contribution >= 0.6 is 44.5 Å². The minimum absolute atomic E-state index is 0.0346. The van der Waals surface area contributed by atoms with Crippen LogP contribution in [0.15, 0.2) is 46.9 Å². The third-order valence-electron chi connectivity index (χ3n) is 3.49. The SMILES string of the molecule is O=[N+]([O-])c1cccc(CSCc2ccc(C(F)(P)P(=O)(O)O)c(Br)c2)c1. The molecule has 6 nitrogen and oxygen atoms in total. The number of hydrogen-bond acceptors (Lipinski definition) is 4. The van der Waals surface area contributed by atoms with Crippen LogP contribution in [-0.2, 0) is 21.2 Å². The highest BCUT2D eigenvalue weighted by Crippen LogP contribution is 2.63. The Hall–Kier alpha value is -0.820. The molecule has 0 amide bonds. The van der Waals surface area contributed by atoms with E-state index >= 15 is 0 Å². The van der Waals surface area contributed by atoms with E-state index in [1.165, 1.54) is 30.0 Å². The van der Waals surface area contributed by atoms with Gasteiger partial charge in [-0.05, 0) is 17.2 Å². The first-order valence-corrected chi connectivity index (χ1v) is 11.3. The van der Waals surface area contributed by atoms with Crippen LogP contribution in [0.3, 0.4) is 0 Å². The lowest BCUT2D eigenvalue weighted by atomic mass is 10.2. The lowest BCUT2D eigenvalue weighted by Gasteiger charge is -2.23. The van der Waals surface area contributed by atoms with Crippen molar-refractivity contribution in [2.75, 3.05) is 0 Å². The average Bonchev–Trinajstić information content (AvgIpc) is 2.54. The van der Waals surface area contributed by atoms with E-state index in [1.807, 2.05) is 0 Å². The van der Waals surface area contributed by atoms with Crippen molar-refractivity contribution < 1.29 is 23.7 Å². The number of nitro benzene ring substituents is 1. The van der Waals surface area contributed by atoms with Gasteiger partial charge in [-0.25, -0.2) is 4.39 Å². The van der Waals surface area contributed by atoms with Crippen LogP contribution in [0, 0.1) is 10.1 Å². The van der Waals surface area contributed by atoms with Gasteiger partial charge < -0.3 is 9.79 Å². The van der Waals surface area contributed by atoms with Crippen LogP contribution in [0.4, 0.5) is 10.1 Å². The summed E-state index contributed by atoms with van der Waals surface area (Å²) < 4.78 is 26.0. The summed E-state index contributed by atoms with van der Waals surface area (Å²) in [5.41, 5.74) is 1.52. The van der Waals surface area contributed by atoms with Crippen molar-refractivity contribution in [3.05, 3.63) is 73.7 Å². The number of nitrogens with zero attached hydrogens (tertiary/aromatic N) is 1. The molecule has 0 fully saturated rings. The standard InChI is InChI=1S/C15H15BrFNO5P2S/c16-14-7-11(4-5-13(14)15(17,24)25(21,22)23)9-26-8-10-2-1-3-12(6-10)18(19)20/h1-7H,8-9,24H2,(H2,21,22,23). The Morgan fingerprint density at radius 2 is 1.85 bits per heavy atom. The summed E-state index contributed by atoms with van der Waals surface area (Å²) in [7, 11) is -3.43. The van der Waals surface area contributed by atoms with Gasteiger partial charge in [0.15, 0.2) is 0 Å². The molecule has 140 valence electrons. The molecular weight excluding hydrogens is 467 g/mol. The summed E-state index contributed by atoms with van der Waals surface area (Å²) in [6.45, 7) is 0. The Kier molecular flexibility index (Phi) is 6.99. The van der Waals surface area contributed by atoms with E-state index in [0.29, 0.717) is 11.5 Å². The van der Waals surface area contributed by atoms with Gasteiger partial charge >= 0.3 is 7.60 Å². The van der Waals surface area contributed by atoms with E-state index in [1.54, 1.807) is 33.5 Å². The minimum atomic E-state index is -5.00. The molecule has 0 aliphatic rings. The number of hydrogen-bond donors (Lipinski definition) is 2. The molecule has 0 aliphatic carbocycles. The number of nitro groups is 1. The predicted molar refractivity (Wildman–Crippen MR) is 107 cm³/mol. The highest BCUT2D eigenvalue weighted by Gasteiger charge is 2.46. The number of rotatable bonds is 7. The van der Waals surface area contributed by atoms with Gasteiger partial charge in [-0.2, -0.15) is 11.8 Å². The van der Waals surface area contributed by atoms with E-state index in [2.05, 4.69) is 15.9 Å². The second kappa shape index (κ2) is 8.46. The molecule has 0 saturated carbocycles. The maximum atomic E-state index is 14.4. The van der Waals surface area contributed by atoms with Crippen LogP contribution in [0.2, 0.25) is 0 Å². The fraction of sp³-hybridized carbons (Fsp3) is 0.200. The first kappa shape index (κ1) is 21.5. The molecule has 2 atom stereocenters. The van der Waals surface area contributed by atoms with Crippen LogP contribution in [0.1, 0.15) is 16.7 Å². The van der Waals surface area contributed by atoms with Gasteiger partial charge in [0.2, 0.25) is 5.15 Å². The molecule has 0 bridgehead atoms. The number of benzene rings is 2. The monoisotopic (exact) mass is 481 g/mol. The van der Waals surface area contributed by atoms with E-state index in [-0.39, 0.29) is 15.7 Å². The van der Waals surface area contributed by atoms with Gasteiger partial charge in [0.25, 0.3) is 5.69 Å². The van der Waals surface area contributed by atoms with E-state index in [0.717, 1.165) is 11.1 Å². The minimum Gasteiger partial charge on any atom is -0.322 e. The molecule has 0 heterocycles. The van der Waals surface area contributed by atoms with Gasteiger partial charge in [0, 0.05) is 33.7 Å². The third-order valence-corrected chi connectivity index (χ3v) is 7.63. The molecule has 0 saturated heterocycles. The van der Waals surface area contributed by atoms with Crippen molar-refractivity contribution in [3.8, 4) is 0 Å². The third kappa shape index (κ3) is 5.12. The second-order valence-corrected chi connectivity index (χ2v) is 10.3. The molecule has 2 rings (SSSR count). The van der Waals surface area contributed by atoms with Crippen molar-refractivity contribution in [1.82, 2.24) is 0 Å². The molecule has 0 aromatic heterocycles. The van der Waals surface area contributed by atoms with Crippen molar-refractivity contribution in [3.63, 3.8) is 0 Å². The maximum absolute atomic E-state index is 14.4. The highest BCUT2D eigenvalue weighted by molar-refractivity contribution is 9.10. The smallest absolute Gasteiger partial charge is 0.322 e. The summed E-state index contributed by atoms with van der Waals surface area (Å²) in [5, 5.41) is 7.91. The molecular formula is C15H15BrFNO5P2S. The first-order chi connectivity index (χ1) is 12.0. The molecule has 2 unspecified atom stereocenters. The first-order valence-electron chi connectivity index (χ1n) is 7.16. The van der Waals surface area contributed by atoms with Crippen LogP contribution in [0.5, 0.6) is 0 Å². The summed E-state index contributed by atoms with van der Waals surface area (Å²) in [6, 6.07) is 10.9. The Morgan fingerprint density at radius 3 is 2.38 bits per heavy atom. The van der Waals surface area contributed by atoms with Gasteiger partial charge in [0.1, 0.15) is 0 Å². The van der Waals surface area contributed by atoms with Crippen molar-refractivity contribution in [1.29, 1.82) is 0 Å². The summed E-state index contributed by atoms with van der Waals surface area (Å²) >= 11 is 4.67. The van der Waals surface area contributed by atoms with E-state index in [4.69, 9.17) is 9.79 Å². The maximum Gasteiger partial charge on any atom is 0.370 e. The molecule has 26 heavy (non-hydrogen) atoms. The Bertz CT molecular complexity index is 877. The summed E-state index contributed by atoms with van der Waals surface area (Å²) in [4.78, 5) is 28.7. The quantitative estimate of drug-likeness (QED) is 0.330. The number of thioether (sulfide) groups is 1. The largest absolute Gasteiger partial charge is 0.370 e. The fourth-order valence-corrected chi connectivity index (χ4v) is 4.91. The number of non-ortho nitro benzene ring substituents is 1. The second-order valence-electron chi connectivity index (χ2n) is 5.45. The molecule has 0 spiro atoms. The molecule has 2 aromatic rings. The lowest BCUT2D eigenvalue weighted by molar-refractivity contribution is -0.384. The van der Waals surface area contributed by atoms with Crippen LogP contribution in [-0.4, -0.2) is 14.7 Å². The molecule has 0 radical (unpaired) electrons. The molecule has 2 aromatic carbocycles. The van der Waals surface area contributed by atoms with Crippen molar-refractivity contribution in [2.45, 2.75) is 16.7 Å². The number of halogens is 2.